The molecule has 1 heterocycles. The molecule has 7 nitrogen and oxygen atoms in total. The van der Waals surface area contributed by atoms with Gasteiger partial charge in [-0.25, -0.2) is 4.39 Å². The third-order valence-electron chi connectivity index (χ3n) is 4.87. The predicted octanol–water partition coefficient (Wildman–Crippen LogP) is 2.57. The number of carbonyl (C=O) groups is 2. The number of nitro benzene ring substituents is 1. The highest BCUT2D eigenvalue weighted by Gasteiger charge is 2.26. The first kappa shape index (κ1) is 19.5. The quantitative estimate of drug-likeness (QED) is 0.598. The Balaban J connectivity index is 1.60. The molecule has 1 aliphatic heterocycles. The molecule has 2 amide bonds. The van der Waals surface area contributed by atoms with Crippen LogP contribution >= 0.6 is 0 Å². The van der Waals surface area contributed by atoms with Crippen molar-refractivity contribution in [3.63, 3.8) is 0 Å². The Morgan fingerprint density at radius 1 is 1.07 bits per heavy atom. The summed E-state index contributed by atoms with van der Waals surface area (Å²) in [6.07, 6.45) is -0.0612. The lowest BCUT2D eigenvalue weighted by molar-refractivity contribution is -0.385. The molecule has 0 radical (unpaired) electrons. The Labute approximate surface area is 161 Å². The van der Waals surface area contributed by atoms with E-state index < -0.39 is 10.7 Å². The van der Waals surface area contributed by atoms with E-state index in [1.54, 1.807) is 47.1 Å². The van der Waals surface area contributed by atoms with Crippen LogP contribution in [0.1, 0.15) is 21.5 Å². The SMILES string of the molecule is Cc1ccc(C(=O)N2CCN(C(=O)Cc3ccccc3[N+](=O)[O-])CC2)cc1F. The number of para-hydroxylation sites is 1. The predicted molar refractivity (Wildman–Crippen MR) is 100 cm³/mol. The van der Waals surface area contributed by atoms with Crippen LogP contribution in [0, 0.1) is 22.9 Å². The third kappa shape index (κ3) is 4.16. The Morgan fingerprint density at radius 2 is 1.71 bits per heavy atom. The van der Waals surface area contributed by atoms with Crippen molar-refractivity contribution in [3.8, 4) is 0 Å². The molecule has 0 unspecified atom stereocenters. The molecule has 1 saturated heterocycles. The van der Waals surface area contributed by atoms with Crippen LogP contribution in [0.2, 0.25) is 0 Å². The van der Waals surface area contributed by atoms with Crippen molar-refractivity contribution in [1.29, 1.82) is 0 Å². The molecule has 1 fully saturated rings. The molecule has 2 aromatic carbocycles. The van der Waals surface area contributed by atoms with E-state index in [1.165, 1.54) is 12.1 Å². The lowest BCUT2D eigenvalue weighted by Gasteiger charge is -2.35. The fourth-order valence-corrected chi connectivity index (χ4v) is 3.18. The van der Waals surface area contributed by atoms with E-state index in [4.69, 9.17) is 0 Å². The molecule has 0 aromatic heterocycles. The minimum absolute atomic E-state index is 0.0612. The van der Waals surface area contributed by atoms with Gasteiger partial charge >= 0.3 is 0 Å². The van der Waals surface area contributed by atoms with E-state index in [2.05, 4.69) is 0 Å². The van der Waals surface area contributed by atoms with Crippen molar-refractivity contribution < 1.29 is 18.9 Å². The molecule has 0 aliphatic carbocycles. The molecular formula is C20H20FN3O4. The summed E-state index contributed by atoms with van der Waals surface area (Å²) < 4.78 is 13.7. The number of piperazine rings is 1. The normalized spacial score (nSPS) is 14.1. The fraction of sp³-hybridized carbons (Fsp3) is 0.300. The number of hydrogen-bond acceptors (Lipinski definition) is 4. The van der Waals surface area contributed by atoms with Gasteiger partial charge in [0.15, 0.2) is 0 Å². The number of benzene rings is 2. The van der Waals surface area contributed by atoms with Gasteiger partial charge in [-0.2, -0.15) is 0 Å². The monoisotopic (exact) mass is 385 g/mol. The third-order valence-corrected chi connectivity index (χ3v) is 4.87. The van der Waals surface area contributed by atoms with Crippen LogP contribution in [0.5, 0.6) is 0 Å². The zero-order valence-electron chi connectivity index (χ0n) is 15.4. The minimum Gasteiger partial charge on any atom is -0.339 e. The molecule has 0 atom stereocenters. The van der Waals surface area contributed by atoms with E-state index >= 15 is 0 Å². The molecule has 1 aliphatic rings. The average Bonchev–Trinajstić information content (AvgIpc) is 2.70. The standard InChI is InChI=1S/C20H20FN3O4/c1-14-6-7-16(12-17(14)21)20(26)23-10-8-22(9-11-23)19(25)13-15-4-2-3-5-18(15)24(27)28/h2-7,12H,8-11,13H2,1H3. The lowest BCUT2D eigenvalue weighted by atomic mass is 10.1. The highest BCUT2D eigenvalue weighted by Crippen LogP contribution is 2.19. The van der Waals surface area contributed by atoms with Crippen LogP contribution in [0.4, 0.5) is 10.1 Å². The number of rotatable bonds is 4. The van der Waals surface area contributed by atoms with E-state index in [9.17, 15) is 24.1 Å². The average molecular weight is 385 g/mol. The number of amides is 2. The summed E-state index contributed by atoms with van der Waals surface area (Å²) in [7, 11) is 0. The summed E-state index contributed by atoms with van der Waals surface area (Å²) in [6.45, 7) is 2.96. The van der Waals surface area contributed by atoms with E-state index in [1.807, 2.05) is 0 Å². The van der Waals surface area contributed by atoms with Gasteiger partial charge in [-0.1, -0.05) is 24.3 Å². The first-order valence-electron chi connectivity index (χ1n) is 8.92. The number of carbonyl (C=O) groups excluding carboxylic acids is 2. The number of hydrogen-bond donors (Lipinski definition) is 0. The van der Waals surface area contributed by atoms with E-state index in [0.717, 1.165) is 0 Å². The molecular weight excluding hydrogens is 365 g/mol. The highest BCUT2D eigenvalue weighted by atomic mass is 19.1. The Morgan fingerprint density at radius 3 is 2.36 bits per heavy atom. The second-order valence-electron chi connectivity index (χ2n) is 6.70. The smallest absolute Gasteiger partial charge is 0.273 e. The summed E-state index contributed by atoms with van der Waals surface area (Å²) in [4.78, 5) is 38.8. The van der Waals surface area contributed by atoms with Gasteiger partial charge < -0.3 is 9.80 Å². The van der Waals surface area contributed by atoms with Gasteiger partial charge in [-0.15, -0.1) is 0 Å². The first-order chi connectivity index (χ1) is 13.4. The van der Waals surface area contributed by atoms with Crippen molar-refractivity contribution in [2.75, 3.05) is 26.2 Å². The summed E-state index contributed by atoms with van der Waals surface area (Å²) in [6, 6.07) is 10.5. The summed E-state index contributed by atoms with van der Waals surface area (Å²) in [5.74, 6) is -0.920. The fourth-order valence-electron chi connectivity index (χ4n) is 3.18. The Bertz CT molecular complexity index is 923. The van der Waals surface area contributed by atoms with E-state index in [-0.39, 0.29) is 29.5 Å². The van der Waals surface area contributed by atoms with Crippen LogP contribution in [0.15, 0.2) is 42.5 Å². The highest BCUT2D eigenvalue weighted by molar-refractivity contribution is 5.94. The molecule has 0 saturated carbocycles. The maximum absolute atomic E-state index is 13.7. The molecule has 0 N–H and O–H groups in total. The zero-order valence-corrected chi connectivity index (χ0v) is 15.4. The van der Waals surface area contributed by atoms with Gasteiger partial charge in [-0.05, 0) is 24.6 Å². The molecule has 2 aromatic rings. The molecule has 3 rings (SSSR count). The maximum atomic E-state index is 13.7. The second kappa shape index (κ2) is 8.16. The number of nitrogens with zero attached hydrogens (tertiary/aromatic N) is 3. The van der Waals surface area contributed by atoms with Gasteiger partial charge in [-0.3, -0.25) is 19.7 Å². The van der Waals surface area contributed by atoms with Crippen molar-refractivity contribution in [2.24, 2.45) is 0 Å². The van der Waals surface area contributed by atoms with Gasteiger partial charge in [0.25, 0.3) is 11.6 Å². The van der Waals surface area contributed by atoms with Crippen molar-refractivity contribution in [3.05, 3.63) is 75.1 Å². The van der Waals surface area contributed by atoms with Gasteiger partial charge in [0.1, 0.15) is 5.82 Å². The summed E-state index contributed by atoms with van der Waals surface area (Å²) in [5, 5.41) is 11.1. The summed E-state index contributed by atoms with van der Waals surface area (Å²) >= 11 is 0. The molecule has 0 spiro atoms. The first-order valence-corrected chi connectivity index (χ1v) is 8.92. The van der Waals surface area contributed by atoms with Crippen molar-refractivity contribution >= 4 is 17.5 Å². The van der Waals surface area contributed by atoms with Gasteiger partial charge in [0, 0.05) is 43.4 Å². The van der Waals surface area contributed by atoms with Crippen LogP contribution < -0.4 is 0 Å². The molecule has 8 heteroatoms. The number of aryl methyl sites for hydroxylation is 1. The minimum atomic E-state index is -0.500. The topological polar surface area (TPSA) is 83.8 Å². The van der Waals surface area contributed by atoms with Crippen LogP contribution in [-0.4, -0.2) is 52.7 Å². The zero-order chi connectivity index (χ0) is 20.3. The van der Waals surface area contributed by atoms with Crippen LogP contribution in [0.3, 0.4) is 0 Å². The van der Waals surface area contributed by atoms with E-state index in [0.29, 0.717) is 37.3 Å². The Kier molecular flexibility index (Phi) is 5.67. The summed E-state index contributed by atoms with van der Waals surface area (Å²) in [5.41, 5.74) is 1.04. The molecule has 146 valence electrons. The van der Waals surface area contributed by atoms with Gasteiger partial charge in [0.05, 0.1) is 11.3 Å². The largest absolute Gasteiger partial charge is 0.339 e. The lowest BCUT2D eigenvalue weighted by Crippen LogP contribution is -2.51. The van der Waals surface area contributed by atoms with Crippen molar-refractivity contribution in [1.82, 2.24) is 9.80 Å². The van der Waals surface area contributed by atoms with Crippen LogP contribution in [-0.2, 0) is 11.2 Å². The Hall–Kier alpha value is -3.29. The number of halogens is 1. The molecule has 0 bridgehead atoms. The van der Waals surface area contributed by atoms with Gasteiger partial charge in [0.2, 0.25) is 5.91 Å². The number of nitro groups is 1. The van der Waals surface area contributed by atoms with Crippen LogP contribution in [0.25, 0.3) is 0 Å². The molecule has 28 heavy (non-hydrogen) atoms. The second-order valence-corrected chi connectivity index (χ2v) is 6.70. The van der Waals surface area contributed by atoms with Crippen molar-refractivity contribution in [2.45, 2.75) is 13.3 Å². The maximum Gasteiger partial charge on any atom is 0.273 e.